The van der Waals surface area contributed by atoms with E-state index in [0.717, 1.165) is 24.9 Å². The Morgan fingerprint density at radius 1 is 1.79 bits per heavy atom. The van der Waals surface area contributed by atoms with Gasteiger partial charge < -0.3 is 5.11 Å². The molecule has 0 aliphatic heterocycles. The summed E-state index contributed by atoms with van der Waals surface area (Å²) in [6.45, 7) is 2.90. The van der Waals surface area contributed by atoms with Gasteiger partial charge in [-0.3, -0.25) is 9.48 Å². The number of carboxylic acid groups (broad SMARTS) is 1. The van der Waals surface area contributed by atoms with Gasteiger partial charge >= 0.3 is 5.97 Å². The SMILES string of the molecule is CCn1cc(CC2CC2C(=O)O)cn1. The van der Waals surface area contributed by atoms with Gasteiger partial charge in [0, 0.05) is 12.7 Å². The molecule has 1 aliphatic carbocycles. The molecule has 76 valence electrons. The Morgan fingerprint density at radius 3 is 3.07 bits per heavy atom. The van der Waals surface area contributed by atoms with E-state index in [1.807, 2.05) is 24.0 Å². The van der Waals surface area contributed by atoms with Crippen molar-refractivity contribution in [1.29, 1.82) is 0 Å². The minimum absolute atomic E-state index is 0.111. The van der Waals surface area contributed by atoms with Crippen molar-refractivity contribution in [3.8, 4) is 0 Å². The highest BCUT2D eigenvalue weighted by Gasteiger charge is 2.42. The quantitative estimate of drug-likeness (QED) is 0.782. The first-order valence-corrected chi connectivity index (χ1v) is 4.95. The van der Waals surface area contributed by atoms with Crippen molar-refractivity contribution in [1.82, 2.24) is 9.78 Å². The van der Waals surface area contributed by atoms with Gasteiger partial charge in [0.1, 0.15) is 0 Å². The Bertz CT molecular complexity index is 346. The van der Waals surface area contributed by atoms with Crippen molar-refractivity contribution in [2.45, 2.75) is 26.3 Å². The number of carbonyl (C=O) groups is 1. The van der Waals surface area contributed by atoms with E-state index >= 15 is 0 Å². The normalized spacial score (nSPS) is 24.9. The predicted octanol–water partition coefficient (Wildman–Crippen LogP) is 1.17. The standard InChI is InChI=1S/C10H14N2O2/c1-2-12-6-7(5-11-12)3-8-4-9(8)10(13)14/h5-6,8-9H,2-4H2,1H3,(H,13,14). The monoisotopic (exact) mass is 194 g/mol. The number of aromatic nitrogens is 2. The number of hydrogen-bond donors (Lipinski definition) is 1. The first-order valence-electron chi connectivity index (χ1n) is 4.95. The fourth-order valence-corrected chi connectivity index (χ4v) is 1.76. The molecule has 4 nitrogen and oxygen atoms in total. The molecule has 0 bridgehead atoms. The summed E-state index contributed by atoms with van der Waals surface area (Å²) in [6, 6.07) is 0. The Hall–Kier alpha value is -1.32. The Labute approximate surface area is 82.5 Å². The molecule has 2 unspecified atom stereocenters. The number of hydrogen-bond acceptors (Lipinski definition) is 2. The second-order valence-electron chi connectivity index (χ2n) is 3.85. The molecule has 2 rings (SSSR count). The van der Waals surface area contributed by atoms with E-state index in [-0.39, 0.29) is 5.92 Å². The summed E-state index contributed by atoms with van der Waals surface area (Å²) in [4.78, 5) is 10.6. The maximum atomic E-state index is 10.6. The Kier molecular flexibility index (Phi) is 2.27. The first kappa shape index (κ1) is 9.24. The van der Waals surface area contributed by atoms with Crippen LogP contribution < -0.4 is 0 Å². The van der Waals surface area contributed by atoms with Gasteiger partial charge in [-0.25, -0.2) is 0 Å². The Morgan fingerprint density at radius 2 is 2.57 bits per heavy atom. The maximum absolute atomic E-state index is 10.6. The van der Waals surface area contributed by atoms with E-state index in [1.54, 1.807) is 0 Å². The number of rotatable bonds is 4. The molecule has 1 aromatic heterocycles. The Balaban J connectivity index is 1.90. The van der Waals surface area contributed by atoms with Gasteiger partial charge in [0.15, 0.2) is 0 Å². The van der Waals surface area contributed by atoms with Crippen LogP contribution in [0.1, 0.15) is 18.9 Å². The van der Waals surface area contributed by atoms with Gasteiger partial charge in [-0.1, -0.05) is 0 Å². The zero-order chi connectivity index (χ0) is 10.1. The topological polar surface area (TPSA) is 55.1 Å². The summed E-state index contributed by atoms with van der Waals surface area (Å²) in [7, 11) is 0. The average Bonchev–Trinajstić information content (AvgIpc) is 2.76. The lowest BCUT2D eigenvalue weighted by Gasteiger charge is -1.93. The van der Waals surface area contributed by atoms with Crippen molar-refractivity contribution in [2.24, 2.45) is 11.8 Å². The van der Waals surface area contributed by atoms with Crippen molar-refractivity contribution in [3.05, 3.63) is 18.0 Å². The van der Waals surface area contributed by atoms with Crippen molar-refractivity contribution >= 4 is 5.97 Å². The third-order valence-electron chi connectivity index (χ3n) is 2.75. The molecule has 0 radical (unpaired) electrons. The van der Waals surface area contributed by atoms with Gasteiger partial charge in [0.2, 0.25) is 0 Å². The highest BCUT2D eigenvalue weighted by atomic mass is 16.4. The molecular formula is C10H14N2O2. The molecule has 4 heteroatoms. The van der Waals surface area contributed by atoms with Crippen molar-refractivity contribution in [2.75, 3.05) is 0 Å². The van der Waals surface area contributed by atoms with Gasteiger partial charge in [-0.15, -0.1) is 0 Å². The van der Waals surface area contributed by atoms with Crippen molar-refractivity contribution < 1.29 is 9.90 Å². The molecule has 1 aliphatic rings. The lowest BCUT2D eigenvalue weighted by Crippen LogP contribution is -2.00. The second kappa shape index (κ2) is 3.44. The van der Waals surface area contributed by atoms with Gasteiger partial charge in [0.05, 0.1) is 12.1 Å². The molecule has 0 aromatic carbocycles. The van der Waals surface area contributed by atoms with E-state index in [2.05, 4.69) is 5.10 Å². The van der Waals surface area contributed by atoms with Crippen LogP contribution in [0.4, 0.5) is 0 Å². The maximum Gasteiger partial charge on any atom is 0.306 e. The average molecular weight is 194 g/mol. The predicted molar refractivity (Wildman–Crippen MR) is 50.8 cm³/mol. The molecule has 0 amide bonds. The molecule has 0 spiro atoms. The molecule has 1 aromatic rings. The molecule has 1 saturated carbocycles. The van der Waals surface area contributed by atoms with E-state index in [1.165, 1.54) is 0 Å². The highest BCUT2D eigenvalue weighted by molar-refractivity contribution is 5.73. The van der Waals surface area contributed by atoms with Crippen LogP contribution in [-0.2, 0) is 17.8 Å². The van der Waals surface area contributed by atoms with Crippen LogP contribution >= 0.6 is 0 Å². The van der Waals surface area contributed by atoms with Crippen LogP contribution in [0.25, 0.3) is 0 Å². The summed E-state index contributed by atoms with van der Waals surface area (Å²) in [6.07, 6.45) is 5.52. The molecular weight excluding hydrogens is 180 g/mol. The minimum Gasteiger partial charge on any atom is -0.481 e. The highest BCUT2D eigenvalue weighted by Crippen LogP contribution is 2.40. The third kappa shape index (κ3) is 1.78. The summed E-state index contributed by atoms with van der Waals surface area (Å²) < 4.78 is 1.87. The summed E-state index contributed by atoms with van der Waals surface area (Å²) in [5.41, 5.74) is 1.15. The van der Waals surface area contributed by atoms with E-state index in [9.17, 15) is 4.79 Å². The lowest BCUT2D eigenvalue weighted by molar-refractivity contribution is -0.138. The molecule has 1 N–H and O–H groups in total. The molecule has 1 fully saturated rings. The van der Waals surface area contributed by atoms with Crippen molar-refractivity contribution in [3.63, 3.8) is 0 Å². The molecule has 2 atom stereocenters. The van der Waals surface area contributed by atoms with E-state index < -0.39 is 5.97 Å². The van der Waals surface area contributed by atoms with Gasteiger partial charge in [-0.2, -0.15) is 5.10 Å². The fraction of sp³-hybridized carbons (Fsp3) is 0.600. The fourth-order valence-electron chi connectivity index (χ4n) is 1.76. The van der Waals surface area contributed by atoms with Gasteiger partial charge in [0.25, 0.3) is 0 Å². The van der Waals surface area contributed by atoms with Crippen LogP contribution in [0, 0.1) is 11.8 Å². The van der Waals surface area contributed by atoms with Crippen LogP contribution in [-0.4, -0.2) is 20.9 Å². The zero-order valence-corrected chi connectivity index (χ0v) is 8.18. The molecule has 14 heavy (non-hydrogen) atoms. The van der Waals surface area contributed by atoms with E-state index in [4.69, 9.17) is 5.11 Å². The minimum atomic E-state index is -0.655. The largest absolute Gasteiger partial charge is 0.481 e. The van der Waals surface area contributed by atoms with Crippen LogP contribution in [0.15, 0.2) is 12.4 Å². The summed E-state index contributed by atoms with van der Waals surface area (Å²) in [5, 5.41) is 12.9. The first-order chi connectivity index (χ1) is 6.70. The summed E-state index contributed by atoms with van der Waals surface area (Å²) >= 11 is 0. The number of aryl methyl sites for hydroxylation is 1. The lowest BCUT2D eigenvalue weighted by atomic mass is 10.1. The zero-order valence-electron chi connectivity index (χ0n) is 8.18. The smallest absolute Gasteiger partial charge is 0.306 e. The summed E-state index contributed by atoms with van der Waals surface area (Å²) in [5.74, 6) is -0.431. The molecule has 1 heterocycles. The molecule has 0 saturated heterocycles. The van der Waals surface area contributed by atoms with Crippen LogP contribution in [0.5, 0.6) is 0 Å². The van der Waals surface area contributed by atoms with E-state index in [0.29, 0.717) is 5.92 Å². The third-order valence-corrected chi connectivity index (χ3v) is 2.75. The number of nitrogens with zero attached hydrogens (tertiary/aromatic N) is 2. The second-order valence-corrected chi connectivity index (χ2v) is 3.85. The van der Waals surface area contributed by atoms with Crippen LogP contribution in [0.3, 0.4) is 0 Å². The number of carboxylic acids is 1. The number of aliphatic carboxylic acids is 1. The van der Waals surface area contributed by atoms with Crippen LogP contribution in [0.2, 0.25) is 0 Å². The van der Waals surface area contributed by atoms with Gasteiger partial charge in [-0.05, 0) is 31.2 Å².